The number of hydrogen-bond donors (Lipinski definition) is 0. The largest absolute Gasteiger partial charge is 0.469 e. The van der Waals surface area contributed by atoms with E-state index in [1.54, 1.807) is 32.5 Å². The van der Waals surface area contributed by atoms with Gasteiger partial charge in [-0.2, -0.15) is 0 Å². The number of aromatic nitrogens is 1. The number of ether oxygens (including phenoxy) is 3. The van der Waals surface area contributed by atoms with Gasteiger partial charge in [-0.05, 0) is 25.0 Å². The molecule has 21 heavy (non-hydrogen) atoms. The van der Waals surface area contributed by atoms with Gasteiger partial charge in [0.1, 0.15) is 5.69 Å². The van der Waals surface area contributed by atoms with Crippen molar-refractivity contribution in [3.05, 3.63) is 29.0 Å². The third-order valence-electron chi connectivity index (χ3n) is 3.52. The zero-order valence-corrected chi connectivity index (χ0v) is 13.6. The molecule has 118 valence electrons. The molecule has 1 aromatic heterocycles. The molecule has 0 fully saturated rings. The number of nitrogens with zero attached hydrogens (tertiary/aromatic N) is 1. The Morgan fingerprint density at radius 1 is 1.38 bits per heavy atom. The van der Waals surface area contributed by atoms with Crippen molar-refractivity contribution in [1.29, 1.82) is 0 Å². The molecule has 0 saturated carbocycles. The maximum absolute atomic E-state index is 11.4. The molecule has 5 nitrogen and oxygen atoms in total. The van der Waals surface area contributed by atoms with Crippen LogP contribution < -0.4 is 0 Å². The van der Waals surface area contributed by atoms with E-state index in [0.29, 0.717) is 23.6 Å². The van der Waals surface area contributed by atoms with Crippen molar-refractivity contribution >= 4 is 17.6 Å². The molecular formula is C15H22ClNO4. The van der Waals surface area contributed by atoms with E-state index >= 15 is 0 Å². The van der Waals surface area contributed by atoms with Crippen molar-refractivity contribution in [3.63, 3.8) is 0 Å². The molecule has 0 amide bonds. The van der Waals surface area contributed by atoms with E-state index in [4.69, 9.17) is 25.8 Å². The number of esters is 1. The van der Waals surface area contributed by atoms with Crippen molar-refractivity contribution < 1.29 is 19.0 Å². The van der Waals surface area contributed by atoms with Crippen LogP contribution in [0.3, 0.4) is 0 Å². The number of halogens is 1. The molecule has 0 bridgehead atoms. The van der Waals surface area contributed by atoms with Crippen LogP contribution in [0.5, 0.6) is 0 Å². The highest BCUT2D eigenvalue weighted by Crippen LogP contribution is 2.32. The fraction of sp³-hybridized carbons (Fsp3) is 0.600. The van der Waals surface area contributed by atoms with Crippen molar-refractivity contribution in [2.45, 2.75) is 32.0 Å². The van der Waals surface area contributed by atoms with Crippen LogP contribution >= 0.6 is 11.6 Å². The molecule has 6 heteroatoms. The Bertz CT molecular complexity index is 463. The summed E-state index contributed by atoms with van der Waals surface area (Å²) < 4.78 is 15.8. The monoisotopic (exact) mass is 315 g/mol. The smallest absolute Gasteiger partial charge is 0.308 e. The van der Waals surface area contributed by atoms with E-state index in [1.807, 2.05) is 6.92 Å². The first-order valence-corrected chi connectivity index (χ1v) is 7.17. The van der Waals surface area contributed by atoms with Gasteiger partial charge in [0.05, 0.1) is 13.0 Å². The highest BCUT2D eigenvalue weighted by Gasteiger charge is 2.33. The minimum atomic E-state index is -0.958. The fourth-order valence-corrected chi connectivity index (χ4v) is 2.36. The first kappa shape index (κ1) is 17.9. The minimum absolute atomic E-state index is 0.159. The number of rotatable bonds is 8. The van der Waals surface area contributed by atoms with Gasteiger partial charge in [0.2, 0.25) is 5.79 Å². The average molecular weight is 316 g/mol. The topological polar surface area (TPSA) is 57.7 Å². The molecule has 0 aromatic carbocycles. The summed E-state index contributed by atoms with van der Waals surface area (Å²) in [6.07, 6.45) is 3.59. The third-order valence-corrected chi connectivity index (χ3v) is 3.75. The van der Waals surface area contributed by atoms with E-state index in [-0.39, 0.29) is 11.9 Å². The van der Waals surface area contributed by atoms with Crippen molar-refractivity contribution in [2.75, 3.05) is 21.3 Å². The molecule has 0 N–H and O–H groups in total. The van der Waals surface area contributed by atoms with Gasteiger partial charge in [0.15, 0.2) is 0 Å². The molecule has 0 spiro atoms. The lowest BCUT2D eigenvalue weighted by atomic mass is 9.98. The maximum atomic E-state index is 11.4. The molecule has 0 aliphatic heterocycles. The van der Waals surface area contributed by atoms with Gasteiger partial charge in [-0.25, -0.2) is 0 Å². The lowest BCUT2D eigenvalue weighted by molar-refractivity contribution is -0.223. The standard InChI is InChI=1S/C15H22ClNO4/c1-11(14(18)19-2)6-5-8-15(20-3,21-4)13-10-12(16)7-9-17-13/h7,9-11H,5-6,8H2,1-4H3/t11-/m1/s1. The normalized spacial score (nSPS) is 13.0. The van der Waals surface area contributed by atoms with Crippen LogP contribution in [0.15, 0.2) is 18.3 Å². The van der Waals surface area contributed by atoms with Crippen LogP contribution in [0.1, 0.15) is 31.9 Å². The summed E-state index contributed by atoms with van der Waals surface area (Å²) >= 11 is 6.00. The van der Waals surface area contributed by atoms with Crippen molar-refractivity contribution in [3.8, 4) is 0 Å². The maximum Gasteiger partial charge on any atom is 0.308 e. The number of pyridine rings is 1. The van der Waals surface area contributed by atoms with Crippen molar-refractivity contribution in [1.82, 2.24) is 4.98 Å². The number of carbonyl (C=O) groups excluding carboxylic acids is 1. The van der Waals surface area contributed by atoms with Gasteiger partial charge in [0, 0.05) is 31.9 Å². The van der Waals surface area contributed by atoms with Crippen LogP contribution in [0.4, 0.5) is 0 Å². The molecule has 0 unspecified atom stereocenters. The molecular weight excluding hydrogens is 294 g/mol. The Labute approximate surface area is 130 Å². The van der Waals surface area contributed by atoms with E-state index < -0.39 is 5.79 Å². The molecule has 1 atom stereocenters. The first-order valence-electron chi connectivity index (χ1n) is 6.79. The predicted octanol–water partition coefficient (Wildman–Crippen LogP) is 3.16. The SMILES string of the molecule is COC(=O)[C@H](C)CCCC(OC)(OC)c1cc(Cl)ccn1. The third kappa shape index (κ3) is 4.66. The first-order chi connectivity index (χ1) is 9.99. The predicted molar refractivity (Wildman–Crippen MR) is 80.0 cm³/mol. The zero-order valence-electron chi connectivity index (χ0n) is 12.9. The Balaban J connectivity index is 2.75. The Morgan fingerprint density at radius 2 is 2.05 bits per heavy atom. The summed E-state index contributed by atoms with van der Waals surface area (Å²) in [7, 11) is 4.52. The number of methoxy groups -OCH3 is 3. The van der Waals surface area contributed by atoms with Gasteiger partial charge < -0.3 is 14.2 Å². The van der Waals surface area contributed by atoms with Crippen LogP contribution in [0, 0.1) is 5.92 Å². The second-order valence-electron chi connectivity index (χ2n) is 4.84. The minimum Gasteiger partial charge on any atom is -0.469 e. The molecule has 0 radical (unpaired) electrons. The van der Waals surface area contributed by atoms with Crippen LogP contribution in [0.2, 0.25) is 5.02 Å². The Morgan fingerprint density at radius 3 is 2.57 bits per heavy atom. The summed E-state index contributed by atoms with van der Waals surface area (Å²) in [5, 5.41) is 0.571. The summed E-state index contributed by atoms with van der Waals surface area (Å²) in [6.45, 7) is 1.84. The van der Waals surface area contributed by atoms with Crippen LogP contribution in [-0.4, -0.2) is 32.3 Å². The number of carbonyl (C=O) groups is 1. The molecule has 1 rings (SSSR count). The van der Waals surface area contributed by atoms with Gasteiger partial charge in [0.25, 0.3) is 0 Å². The second kappa shape index (κ2) is 8.32. The van der Waals surface area contributed by atoms with E-state index in [1.165, 1.54) is 7.11 Å². The molecule has 1 aromatic rings. The molecule has 1 heterocycles. The number of hydrogen-bond acceptors (Lipinski definition) is 5. The summed E-state index contributed by atoms with van der Waals surface area (Å²) in [6, 6.07) is 3.42. The summed E-state index contributed by atoms with van der Waals surface area (Å²) in [5.41, 5.74) is 0.616. The fourth-order valence-electron chi connectivity index (χ4n) is 2.20. The van der Waals surface area contributed by atoms with Gasteiger partial charge >= 0.3 is 5.97 Å². The average Bonchev–Trinajstić information content (AvgIpc) is 2.51. The van der Waals surface area contributed by atoms with E-state index in [9.17, 15) is 4.79 Å². The summed E-state index contributed by atoms with van der Waals surface area (Å²) in [4.78, 5) is 15.7. The highest BCUT2D eigenvalue weighted by molar-refractivity contribution is 6.30. The second-order valence-corrected chi connectivity index (χ2v) is 5.27. The highest BCUT2D eigenvalue weighted by atomic mass is 35.5. The van der Waals surface area contributed by atoms with Crippen LogP contribution in [0.25, 0.3) is 0 Å². The summed E-state index contributed by atoms with van der Waals surface area (Å²) in [5.74, 6) is -1.33. The van der Waals surface area contributed by atoms with Crippen molar-refractivity contribution in [2.24, 2.45) is 5.92 Å². The Hall–Kier alpha value is -1.17. The quantitative estimate of drug-likeness (QED) is 0.545. The lowest BCUT2D eigenvalue weighted by Crippen LogP contribution is -2.32. The van der Waals surface area contributed by atoms with E-state index in [0.717, 1.165) is 6.42 Å². The van der Waals surface area contributed by atoms with Gasteiger partial charge in [-0.3, -0.25) is 9.78 Å². The zero-order chi connectivity index (χ0) is 15.9. The van der Waals surface area contributed by atoms with Gasteiger partial charge in [-0.1, -0.05) is 18.5 Å². The van der Waals surface area contributed by atoms with E-state index in [2.05, 4.69) is 4.98 Å². The Kier molecular flexibility index (Phi) is 7.08. The lowest BCUT2D eigenvalue weighted by Gasteiger charge is -2.30. The molecule has 0 aliphatic rings. The molecule has 0 aliphatic carbocycles. The molecule has 0 saturated heterocycles. The van der Waals surface area contributed by atoms with Gasteiger partial charge in [-0.15, -0.1) is 0 Å². The van der Waals surface area contributed by atoms with Crippen LogP contribution in [-0.2, 0) is 24.8 Å².